The van der Waals surface area contributed by atoms with E-state index in [0.717, 1.165) is 13.1 Å². The molecule has 0 spiro atoms. The second-order valence-corrected chi connectivity index (χ2v) is 5.65. The van der Waals surface area contributed by atoms with Crippen LogP contribution >= 0.6 is 15.9 Å². The van der Waals surface area contributed by atoms with E-state index in [4.69, 9.17) is 0 Å². The van der Waals surface area contributed by atoms with E-state index < -0.39 is 0 Å². The molecule has 1 aliphatic rings. The minimum atomic E-state index is -0.145. The van der Waals surface area contributed by atoms with E-state index >= 15 is 0 Å². The normalized spacial score (nSPS) is 13.3. The Bertz CT molecular complexity index is 711. The van der Waals surface area contributed by atoms with Crippen LogP contribution in [0.3, 0.4) is 0 Å². The topological polar surface area (TPSA) is 59.0 Å². The van der Waals surface area contributed by atoms with E-state index in [9.17, 15) is 4.79 Å². The lowest BCUT2D eigenvalue weighted by Crippen LogP contribution is -2.21. The number of hydrogen-bond acceptors (Lipinski definition) is 4. The Morgan fingerprint density at radius 3 is 3.05 bits per heavy atom. The Balaban J connectivity index is 1.77. The molecule has 0 saturated heterocycles. The second-order valence-electron chi connectivity index (χ2n) is 4.86. The lowest BCUT2D eigenvalue weighted by Gasteiger charge is -2.09. The molecular formula is C14H15BrN4O. The minimum Gasteiger partial charge on any atom is -0.379 e. The maximum absolute atomic E-state index is 11.8. The summed E-state index contributed by atoms with van der Waals surface area (Å²) in [6, 6.07) is 6.47. The maximum Gasteiger partial charge on any atom is 0.282 e. The van der Waals surface area contributed by atoms with Crippen LogP contribution in [0.1, 0.15) is 16.7 Å². The Labute approximate surface area is 125 Å². The molecule has 20 heavy (non-hydrogen) atoms. The summed E-state index contributed by atoms with van der Waals surface area (Å²) in [6.07, 6.45) is 1.65. The van der Waals surface area contributed by atoms with Crippen LogP contribution in [0, 0.1) is 0 Å². The van der Waals surface area contributed by atoms with Crippen LogP contribution in [-0.4, -0.2) is 9.78 Å². The number of anilines is 1. The molecule has 1 aromatic heterocycles. The lowest BCUT2D eigenvalue weighted by molar-refractivity contribution is 0.703. The molecule has 2 aromatic rings. The van der Waals surface area contributed by atoms with E-state index in [1.165, 1.54) is 21.4 Å². The highest BCUT2D eigenvalue weighted by Crippen LogP contribution is 2.20. The van der Waals surface area contributed by atoms with E-state index in [1.54, 1.807) is 13.2 Å². The Morgan fingerprint density at radius 2 is 2.20 bits per heavy atom. The maximum atomic E-state index is 11.8. The van der Waals surface area contributed by atoms with Crippen LogP contribution in [-0.2, 0) is 26.7 Å². The number of rotatable bonds is 3. The van der Waals surface area contributed by atoms with Gasteiger partial charge in [-0.3, -0.25) is 4.79 Å². The monoisotopic (exact) mass is 334 g/mol. The third-order valence-electron chi connectivity index (χ3n) is 3.46. The van der Waals surface area contributed by atoms with Gasteiger partial charge in [-0.25, -0.2) is 4.68 Å². The van der Waals surface area contributed by atoms with Gasteiger partial charge >= 0.3 is 0 Å². The van der Waals surface area contributed by atoms with Crippen LogP contribution in [0.5, 0.6) is 0 Å². The van der Waals surface area contributed by atoms with E-state index in [0.29, 0.717) is 16.7 Å². The smallest absolute Gasteiger partial charge is 0.282 e. The quantitative estimate of drug-likeness (QED) is 0.897. The van der Waals surface area contributed by atoms with Crippen molar-refractivity contribution in [3.63, 3.8) is 0 Å². The average Bonchev–Trinajstić information content (AvgIpc) is 2.91. The summed E-state index contributed by atoms with van der Waals surface area (Å²) in [5, 5.41) is 10.6. The van der Waals surface area contributed by atoms with Gasteiger partial charge in [-0.1, -0.05) is 18.2 Å². The van der Waals surface area contributed by atoms with Gasteiger partial charge in [-0.2, -0.15) is 5.10 Å². The number of aromatic nitrogens is 2. The molecule has 1 aliphatic heterocycles. The fourth-order valence-corrected chi connectivity index (χ4v) is 2.79. The highest BCUT2D eigenvalue weighted by Gasteiger charge is 2.10. The van der Waals surface area contributed by atoms with Gasteiger partial charge in [0, 0.05) is 26.7 Å². The predicted octanol–water partition coefficient (Wildman–Crippen LogP) is 1.76. The molecule has 3 rings (SSSR count). The van der Waals surface area contributed by atoms with Gasteiger partial charge in [0.1, 0.15) is 4.47 Å². The summed E-state index contributed by atoms with van der Waals surface area (Å²) in [4.78, 5) is 11.8. The Kier molecular flexibility index (Phi) is 3.58. The largest absolute Gasteiger partial charge is 0.379 e. The third kappa shape index (κ3) is 2.48. The van der Waals surface area contributed by atoms with Crippen molar-refractivity contribution >= 4 is 21.6 Å². The number of halogens is 1. The molecule has 0 saturated carbocycles. The van der Waals surface area contributed by atoms with Crippen molar-refractivity contribution in [3.05, 3.63) is 55.9 Å². The van der Waals surface area contributed by atoms with Gasteiger partial charge in [-0.05, 0) is 32.6 Å². The SMILES string of the molecule is Cn1ncc(NCc2ccc3c(c2)CNC3)c(Br)c1=O. The molecule has 0 unspecified atom stereocenters. The molecule has 0 radical (unpaired) electrons. The van der Waals surface area contributed by atoms with Crippen molar-refractivity contribution < 1.29 is 0 Å². The number of nitrogens with one attached hydrogen (secondary N) is 2. The van der Waals surface area contributed by atoms with Crippen LogP contribution in [0.4, 0.5) is 5.69 Å². The van der Waals surface area contributed by atoms with Crippen molar-refractivity contribution in [3.8, 4) is 0 Å². The van der Waals surface area contributed by atoms with E-state index in [-0.39, 0.29) is 5.56 Å². The standard InChI is InChI=1S/C14H15BrN4O/c1-19-14(20)13(15)12(8-18-19)17-5-9-2-3-10-6-16-7-11(10)4-9/h2-4,8,16-17H,5-7H2,1H3. The molecule has 2 N–H and O–H groups in total. The van der Waals surface area contributed by atoms with Crippen LogP contribution in [0.25, 0.3) is 0 Å². The minimum absolute atomic E-state index is 0.145. The molecule has 0 atom stereocenters. The first-order valence-corrected chi connectivity index (χ1v) is 7.21. The van der Waals surface area contributed by atoms with Crippen LogP contribution in [0.15, 0.2) is 33.7 Å². The zero-order valence-electron chi connectivity index (χ0n) is 11.1. The highest BCUT2D eigenvalue weighted by atomic mass is 79.9. The van der Waals surface area contributed by atoms with Gasteiger partial charge in [0.2, 0.25) is 0 Å². The van der Waals surface area contributed by atoms with Crippen molar-refractivity contribution in [1.82, 2.24) is 15.1 Å². The van der Waals surface area contributed by atoms with Crippen molar-refractivity contribution in [2.24, 2.45) is 7.05 Å². The zero-order valence-corrected chi connectivity index (χ0v) is 12.7. The zero-order chi connectivity index (χ0) is 14.1. The summed E-state index contributed by atoms with van der Waals surface area (Å²) >= 11 is 3.31. The van der Waals surface area contributed by atoms with Gasteiger partial charge < -0.3 is 10.6 Å². The number of nitrogens with zero attached hydrogens (tertiary/aromatic N) is 2. The summed E-state index contributed by atoms with van der Waals surface area (Å²) in [5.74, 6) is 0. The predicted molar refractivity (Wildman–Crippen MR) is 81.5 cm³/mol. The first-order valence-electron chi connectivity index (χ1n) is 6.42. The second kappa shape index (κ2) is 5.38. The molecule has 6 heteroatoms. The number of benzene rings is 1. The highest BCUT2D eigenvalue weighted by molar-refractivity contribution is 9.10. The van der Waals surface area contributed by atoms with E-state index in [2.05, 4.69) is 49.9 Å². The Morgan fingerprint density at radius 1 is 1.40 bits per heavy atom. The lowest BCUT2D eigenvalue weighted by atomic mass is 10.1. The summed E-state index contributed by atoms with van der Waals surface area (Å²) in [6.45, 7) is 2.55. The molecule has 0 fully saturated rings. The van der Waals surface area contributed by atoms with Crippen molar-refractivity contribution in [2.75, 3.05) is 5.32 Å². The number of aryl methyl sites for hydroxylation is 1. The van der Waals surface area contributed by atoms with Gasteiger partial charge in [0.25, 0.3) is 5.56 Å². The fraction of sp³-hybridized carbons (Fsp3) is 0.286. The van der Waals surface area contributed by atoms with Crippen LogP contribution < -0.4 is 16.2 Å². The molecule has 5 nitrogen and oxygen atoms in total. The van der Waals surface area contributed by atoms with Crippen molar-refractivity contribution in [1.29, 1.82) is 0 Å². The summed E-state index contributed by atoms with van der Waals surface area (Å²) in [7, 11) is 1.63. The first kappa shape index (κ1) is 13.3. The molecule has 2 heterocycles. The molecular weight excluding hydrogens is 320 g/mol. The summed E-state index contributed by atoms with van der Waals surface area (Å²) < 4.78 is 1.81. The molecule has 0 bridgehead atoms. The van der Waals surface area contributed by atoms with Crippen molar-refractivity contribution in [2.45, 2.75) is 19.6 Å². The van der Waals surface area contributed by atoms with Gasteiger partial charge in [0.15, 0.2) is 0 Å². The molecule has 0 aliphatic carbocycles. The number of fused-ring (bicyclic) bond motifs is 1. The fourth-order valence-electron chi connectivity index (χ4n) is 2.29. The summed E-state index contributed by atoms with van der Waals surface area (Å²) in [5.41, 5.74) is 4.48. The first-order chi connectivity index (χ1) is 9.65. The number of hydrogen-bond donors (Lipinski definition) is 2. The molecule has 104 valence electrons. The average molecular weight is 335 g/mol. The van der Waals surface area contributed by atoms with Gasteiger partial charge in [-0.15, -0.1) is 0 Å². The Hall–Kier alpha value is -1.66. The molecule has 0 amide bonds. The molecule has 1 aromatic carbocycles. The van der Waals surface area contributed by atoms with Crippen LogP contribution in [0.2, 0.25) is 0 Å². The van der Waals surface area contributed by atoms with E-state index in [1.807, 2.05) is 0 Å². The third-order valence-corrected chi connectivity index (χ3v) is 4.23. The van der Waals surface area contributed by atoms with Gasteiger partial charge in [0.05, 0.1) is 11.9 Å².